The van der Waals surface area contributed by atoms with Crippen LogP contribution in [-0.2, 0) is 0 Å². The number of anilines is 1. The van der Waals surface area contributed by atoms with Gasteiger partial charge in [-0.25, -0.2) is 4.98 Å². The molecular formula is C10H17N3S. The van der Waals surface area contributed by atoms with Crippen molar-refractivity contribution in [2.24, 2.45) is 5.92 Å². The van der Waals surface area contributed by atoms with Gasteiger partial charge in [-0.2, -0.15) is 4.37 Å². The van der Waals surface area contributed by atoms with Crippen LogP contribution in [0.4, 0.5) is 5.13 Å². The summed E-state index contributed by atoms with van der Waals surface area (Å²) in [5, 5.41) is 4.45. The van der Waals surface area contributed by atoms with Crippen LogP contribution in [0.15, 0.2) is 0 Å². The molecule has 4 heteroatoms. The fraction of sp³-hybridized carbons (Fsp3) is 0.800. The van der Waals surface area contributed by atoms with Crippen LogP contribution in [-0.4, -0.2) is 15.4 Å². The fourth-order valence-electron chi connectivity index (χ4n) is 1.61. The standard InChI is InChI=1S/C10H17N3S/c1-3-9(6-8-4-5-8)12-10-11-7(2)13-14-10/h8-9H,3-6H2,1-2H3,(H,11,12,13). The number of nitrogens with one attached hydrogen (secondary N) is 1. The van der Waals surface area contributed by atoms with E-state index in [1.54, 1.807) is 0 Å². The number of aromatic nitrogens is 2. The molecule has 0 spiro atoms. The number of rotatable bonds is 5. The average Bonchev–Trinajstić information content (AvgIpc) is 2.89. The molecule has 0 bridgehead atoms. The highest BCUT2D eigenvalue weighted by molar-refractivity contribution is 7.09. The molecule has 1 heterocycles. The molecule has 0 saturated heterocycles. The van der Waals surface area contributed by atoms with Crippen LogP contribution in [0.2, 0.25) is 0 Å². The van der Waals surface area contributed by atoms with Crippen molar-refractivity contribution in [3.63, 3.8) is 0 Å². The van der Waals surface area contributed by atoms with Crippen LogP contribution in [0.3, 0.4) is 0 Å². The average molecular weight is 211 g/mol. The molecule has 1 aromatic heterocycles. The summed E-state index contributed by atoms with van der Waals surface area (Å²) in [6.07, 6.45) is 5.32. The Labute approximate surface area is 89.1 Å². The maximum Gasteiger partial charge on any atom is 0.202 e. The topological polar surface area (TPSA) is 37.8 Å². The van der Waals surface area contributed by atoms with Gasteiger partial charge in [-0.1, -0.05) is 19.8 Å². The zero-order valence-corrected chi connectivity index (χ0v) is 9.60. The van der Waals surface area contributed by atoms with Gasteiger partial charge in [0.15, 0.2) is 0 Å². The van der Waals surface area contributed by atoms with Crippen molar-refractivity contribution < 1.29 is 0 Å². The zero-order valence-electron chi connectivity index (χ0n) is 8.79. The third-order valence-corrected chi connectivity index (χ3v) is 3.40. The van der Waals surface area contributed by atoms with Gasteiger partial charge < -0.3 is 5.32 Å². The van der Waals surface area contributed by atoms with Crippen molar-refractivity contribution >= 4 is 16.7 Å². The molecule has 1 fully saturated rings. The second-order valence-corrected chi connectivity index (χ2v) is 4.83. The lowest BCUT2D eigenvalue weighted by atomic mass is 10.1. The van der Waals surface area contributed by atoms with Gasteiger partial charge in [-0.3, -0.25) is 0 Å². The van der Waals surface area contributed by atoms with Gasteiger partial charge in [-0.15, -0.1) is 0 Å². The quantitative estimate of drug-likeness (QED) is 0.813. The number of hydrogen-bond acceptors (Lipinski definition) is 4. The van der Waals surface area contributed by atoms with E-state index in [9.17, 15) is 0 Å². The highest BCUT2D eigenvalue weighted by Gasteiger charge is 2.24. The Kier molecular flexibility index (Phi) is 3.01. The Hall–Kier alpha value is -0.640. The van der Waals surface area contributed by atoms with Crippen molar-refractivity contribution in [3.05, 3.63) is 5.82 Å². The molecule has 1 aliphatic rings. The van der Waals surface area contributed by atoms with Crippen LogP contribution in [0, 0.1) is 12.8 Å². The minimum atomic E-state index is 0.592. The minimum Gasteiger partial charge on any atom is -0.358 e. The molecule has 0 aromatic carbocycles. The van der Waals surface area contributed by atoms with E-state index in [1.807, 2.05) is 6.92 Å². The molecule has 1 unspecified atom stereocenters. The summed E-state index contributed by atoms with van der Waals surface area (Å²) in [5.41, 5.74) is 0. The molecular weight excluding hydrogens is 194 g/mol. The van der Waals surface area contributed by atoms with E-state index in [1.165, 1.54) is 37.2 Å². The molecule has 1 aromatic rings. The van der Waals surface area contributed by atoms with Gasteiger partial charge in [-0.05, 0) is 25.7 Å². The molecule has 0 amide bonds. The summed E-state index contributed by atoms with van der Waals surface area (Å²) in [4.78, 5) is 4.32. The van der Waals surface area contributed by atoms with Gasteiger partial charge in [0, 0.05) is 17.6 Å². The second-order valence-electron chi connectivity index (χ2n) is 4.08. The molecule has 0 aliphatic heterocycles. The van der Waals surface area contributed by atoms with E-state index < -0.39 is 0 Å². The predicted octanol–water partition coefficient (Wildman–Crippen LogP) is 2.84. The summed E-state index contributed by atoms with van der Waals surface area (Å²) in [6, 6.07) is 0.592. The molecule has 2 rings (SSSR count). The molecule has 78 valence electrons. The van der Waals surface area contributed by atoms with Gasteiger partial charge >= 0.3 is 0 Å². The number of aryl methyl sites for hydroxylation is 1. The summed E-state index contributed by atoms with van der Waals surface area (Å²) < 4.78 is 4.17. The van der Waals surface area contributed by atoms with Crippen LogP contribution in [0.1, 0.15) is 38.4 Å². The van der Waals surface area contributed by atoms with Gasteiger partial charge in [0.25, 0.3) is 0 Å². The highest BCUT2D eigenvalue weighted by Crippen LogP contribution is 2.34. The molecule has 0 radical (unpaired) electrons. The summed E-state index contributed by atoms with van der Waals surface area (Å²) in [5.74, 6) is 1.85. The third-order valence-electron chi connectivity index (χ3n) is 2.66. The van der Waals surface area contributed by atoms with Crippen LogP contribution < -0.4 is 5.32 Å². The first-order chi connectivity index (χ1) is 6.78. The number of hydrogen-bond donors (Lipinski definition) is 1. The minimum absolute atomic E-state index is 0.592. The van der Waals surface area contributed by atoms with Crippen molar-refractivity contribution in [2.75, 3.05) is 5.32 Å². The Balaban J connectivity index is 1.86. The first kappa shape index (κ1) is 9.90. The van der Waals surface area contributed by atoms with Crippen molar-refractivity contribution in [3.8, 4) is 0 Å². The molecule has 14 heavy (non-hydrogen) atoms. The lowest BCUT2D eigenvalue weighted by molar-refractivity contribution is 0.586. The van der Waals surface area contributed by atoms with Crippen molar-refractivity contribution in [1.82, 2.24) is 9.36 Å². The lowest BCUT2D eigenvalue weighted by Gasteiger charge is -2.14. The van der Waals surface area contributed by atoms with Crippen LogP contribution in [0.25, 0.3) is 0 Å². The van der Waals surface area contributed by atoms with E-state index in [4.69, 9.17) is 0 Å². The lowest BCUT2D eigenvalue weighted by Crippen LogP contribution is -2.18. The molecule has 1 N–H and O–H groups in total. The Morgan fingerprint density at radius 3 is 2.86 bits per heavy atom. The first-order valence-corrected chi connectivity index (χ1v) is 6.12. The normalized spacial score (nSPS) is 18.1. The number of nitrogens with zero attached hydrogens (tertiary/aromatic N) is 2. The SMILES string of the molecule is CCC(CC1CC1)Nc1nc(C)ns1. The Morgan fingerprint density at radius 1 is 1.57 bits per heavy atom. The smallest absolute Gasteiger partial charge is 0.202 e. The van der Waals surface area contributed by atoms with Crippen molar-refractivity contribution in [2.45, 2.75) is 45.6 Å². The second kappa shape index (κ2) is 4.26. The van der Waals surface area contributed by atoms with Crippen molar-refractivity contribution in [1.29, 1.82) is 0 Å². The largest absolute Gasteiger partial charge is 0.358 e. The van der Waals surface area contributed by atoms with Gasteiger partial charge in [0.2, 0.25) is 5.13 Å². The van der Waals surface area contributed by atoms with E-state index >= 15 is 0 Å². The maximum atomic E-state index is 4.32. The van der Waals surface area contributed by atoms with Gasteiger partial charge in [0.05, 0.1) is 0 Å². The Bertz CT molecular complexity index is 293. The fourth-order valence-corrected chi connectivity index (χ4v) is 2.27. The van der Waals surface area contributed by atoms with E-state index in [0.717, 1.165) is 16.9 Å². The monoisotopic (exact) mass is 211 g/mol. The summed E-state index contributed by atoms with van der Waals surface area (Å²) in [7, 11) is 0. The summed E-state index contributed by atoms with van der Waals surface area (Å²) >= 11 is 1.47. The van der Waals surface area contributed by atoms with Gasteiger partial charge in [0.1, 0.15) is 5.82 Å². The maximum absolute atomic E-state index is 4.32. The van der Waals surface area contributed by atoms with E-state index in [-0.39, 0.29) is 0 Å². The molecule has 1 atom stereocenters. The highest BCUT2D eigenvalue weighted by atomic mass is 32.1. The molecule has 1 saturated carbocycles. The van der Waals surface area contributed by atoms with E-state index in [2.05, 4.69) is 21.6 Å². The Morgan fingerprint density at radius 2 is 2.36 bits per heavy atom. The summed E-state index contributed by atoms with van der Waals surface area (Å²) in [6.45, 7) is 4.16. The molecule has 1 aliphatic carbocycles. The van der Waals surface area contributed by atoms with E-state index in [0.29, 0.717) is 6.04 Å². The first-order valence-electron chi connectivity index (χ1n) is 5.34. The third kappa shape index (κ3) is 2.67. The van der Waals surface area contributed by atoms with Crippen LogP contribution in [0.5, 0.6) is 0 Å². The molecule has 3 nitrogen and oxygen atoms in total. The predicted molar refractivity (Wildman–Crippen MR) is 59.7 cm³/mol. The van der Waals surface area contributed by atoms with Crippen LogP contribution >= 0.6 is 11.5 Å². The zero-order chi connectivity index (χ0) is 9.97.